The van der Waals surface area contributed by atoms with Crippen LogP contribution in [0.1, 0.15) is 56.6 Å². The lowest BCUT2D eigenvalue weighted by Crippen LogP contribution is -2.28. The second kappa shape index (κ2) is 8.39. The molecule has 0 spiro atoms. The average Bonchev–Trinajstić information content (AvgIpc) is 2.44. The molecule has 2 atom stereocenters. The first-order chi connectivity index (χ1) is 9.99. The van der Waals surface area contributed by atoms with E-state index in [1.807, 2.05) is 24.3 Å². The van der Waals surface area contributed by atoms with Crippen LogP contribution in [-0.4, -0.2) is 22.0 Å². The molecule has 1 aromatic carbocycles. The van der Waals surface area contributed by atoms with Crippen molar-refractivity contribution in [3.63, 3.8) is 0 Å². The maximum Gasteiger partial charge on any atom is 0.304 e. The maximum atomic E-state index is 11.1. The maximum absolute atomic E-state index is 11.1. The Balaban J connectivity index is 2.97. The second-order valence-corrected chi connectivity index (χ2v) is 5.31. The summed E-state index contributed by atoms with van der Waals surface area (Å²) in [4.78, 5) is 21.8. The van der Waals surface area contributed by atoms with E-state index in [-0.39, 0.29) is 11.3 Å². The Bertz CT molecular complexity index is 470. The Morgan fingerprint density at radius 1 is 1.29 bits per heavy atom. The molecule has 0 saturated carbocycles. The van der Waals surface area contributed by atoms with Crippen molar-refractivity contribution < 1.29 is 14.8 Å². The normalized spacial score (nSPS) is 13.6. The van der Waals surface area contributed by atoms with E-state index in [0.29, 0.717) is 6.42 Å². The summed E-state index contributed by atoms with van der Waals surface area (Å²) in [5.41, 5.74) is 1.92. The molecule has 0 amide bonds. The Hall–Kier alpha value is -1.91. The van der Waals surface area contributed by atoms with E-state index in [0.717, 1.165) is 24.8 Å². The highest BCUT2D eigenvalue weighted by atomic mass is 16.6. The van der Waals surface area contributed by atoms with Crippen LogP contribution in [0.5, 0.6) is 0 Å². The fourth-order valence-electron chi connectivity index (χ4n) is 2.56. The van der Waals surface area contributed by atoms with Crippen LogP contribution in [0.25, 0.3) is 0 Å². The number of carboxylic acids is 1. The first-order valence-electron chi connectivity index (χ1n) is 7.43. The van der Waals surface area contributed by atoms with E-state index in [1.54, 1.807) is 6.92 Å². The fourth-order valence-corrected chi connectivity index (χ4v) is 2.56. The summed E-state index contributed by atoms with van der Waals surface area (Å²) in [7, 11) is 0. The molecule has 0 fully saturated rings. The predicted molar refractivity (Wildman–Crippen MR) is 81.1 cm³/mol. The van der Waals surface area contributed by atoms with Crippen LogP contribution < -0.4 is 0 Å². The lowest BCUT2D eigenvalue weighted by Gasteiger charge is -2.19. The number of carboxylic acid groups (broad SMARTS) is 1. The lowest BCUT2D eigenvalue weighted by molar-refractivity contribution is -0.527. The molecule has 1 aromatic rings. The van der Waals surface area contributed by atoms with Crippen molar-refractivity contribution >= 4 is 5.97 Å². The van der Waals surface area contributed by atoms with Crippen LogP contribution in [0.4, 0.5) is 0 Å². The van der Waals surface area contributed by atoms with Gasteiger partial charge in [-0.15, -0.1) is 0 Å². The predicted octanol–water partition coefficient (Wildman–Crippen LogP) is 3.64. The molecule has 0 bridgehead atoms. The third kappa shape index (κ3) is 5.17. The zero-order valence-electron chi connectivity index (χ0n) is 12.6. The third-order valence-electron chi connectivity index (χ3n) is 3.77. The minimum Gasteiger partial charge on any atom is -0.481 e. The van der Waals surface area contributed by atoms with Gasteiger partial charge < -0.3 is 5.11 Å². The Morgan fingerprint density at radius 3 is 2.33 bits per heavy atom. The van der Waals surface area contributed by atoms with Crippen molar-refractivity contribution in [2.45, 2.75) is 57.9 Å². The van der Waals surface area contributed by atoms with E-state index in [9.17, 15) is 14.9 Å². The van der Waals surface area contributed by atoms with Gasteiger partial charge in [0.2, 0.25) is 6.04 Å². The molecule has 0 aliphatic carbocycles. The Morgan fingerprint density at radius 2 is 1.90 bits per heavy atom. The summed E-state index contributed by atoms with van der Waals surface area (Å²) < 4.78 is 0. The summed E-state index contributed by atoms with van der Waals surface area (Å²) in [6.07, 6.45) is 3.30. The number of benzene rings is 1. The highest BCUT2D eigenvalue weighted by molar-refractivity contribution is 5.68. The van der Waals surface area contributed by atoms with E-state index < -0.39 is 17.9 Å². The highest BCUT2D eigenvalue weighted by Gasteiger charge is 2.32. The van der Waals surface area contributed by atoms with Gasteiger partial charge in [-0.2, -0.15) is 0 Å². The van der Waals surface area contributed by atoms with Gasteiger partial charge in [-0.3, -0.25) is 14.9 Å². The van der Waals surface area contributed by atoms with Gasteiger partial charge in [-0.1, -0.05) is 44.5 Å². The van der Waals surface area contributed by atoms with Gasteiger partial charge in [0.05, 0.1) is 12.3 Å². The number of carbonyl (C=O) groups is 1. The molecule has 0 saturated heterocycles. The van der Waals surface area contributed by atoms with Crippen LogP contribution in [0.15, 0.2) is 24.3 Å². The average molecular weight is 293 g/mol. The number of unbranched alkanes of at least 4 members (excludes halogenated alkanes) is 1. The number of aliphatic carboxylic acids is 1. The Labute approximate surface area is 125 Å². The largest absolute Gasteiger partial charge is 0.481 e. The molecule has 0 radical (unpaired) electrons. The van der Waals surface area contributed by atoms with Crippen LogP contribution in [0, 0.1) is 10.1 Å². The molecule has 5 heteroatoms. The van der Waals surface area contributed by atoms with Crippen LogP contribution in [0.2, 0.25) is 0 Å². The van der Waals surface area contributed by atoms with E-state index in [2.05, 4.69) is 6.92 Å². The first kappa shape index (κ1) is 17.1. The molecular formula is C16H23NO4. The lowest BCUT2D eigenvalue weighted by atomic mass is 9.87. The number of aryl methyl sites for hydroxylation is 1. The molecule has 0 aliphatic rings. The molecule has 0 aliphatic heterocycles. The van der Waals surface area contributed by atoms with Crippen molar-refractivity contribution in [3.05, 3.63) is 45.5 Å². The zero-order valence-corrected chi connectivity index (χ0v) is 12.6. The van der Waals surface area contributed by atoms with Gasteiger partial charge in [0.15, 0.2) is 0 Å². The van der Waals surface area contributed by atoms with Gasteiger partial charge in [-0.25, -0.2) is 0 Å². The van der Waals surface area contributed by atoms with Crippen molar-refractivity contribution in [1.82, 2.24) is 0 Å². The molecule has 0 heterocycles. The number of nitro groups is 1. The summed E-state index contributed by atoms with van der Waals surface area (Å²) >= 11 is 0. The van der Waals surface area contributed by atoms with Crippen LogP contribution in [0.3, 0.4) is 0 Å². The monoisotopic (exact) mass is 293 g/mol. The number of hydrogen-bond acceptors (Lipinski definition) is 3. The van der Waals surface area contributed by atoms with E-state index in [1.165, 1.54) is 5.56 Å². The smallest absolute Gasteiger partial charge is 0.304 e. The summed E-state index contributed by atoms with van der Waals surface area (Å²) in [6.45, 7) is 3.85. The minimum atomic E-state index is -1.00. The molecule has 5 nitrogen and oxygen atoms in total. The molecule has 116 valence electrons. The zero-order chi connectivity index (χ0) is 15.8. The van der Waals surface area contributed by atoms with Gasteiger partial charge in [-0.05, 0) is 24.0 Å². The SMILES string of the molecule is CCCCc1ccc(C(CC(=O)O)C(CC)[N+](=O)[O-])cc1. The fraction of sp³-hybridized carbons (Fsp3) is 0.562. The molecule has 2 unspecified atom stereocenters. The topological polar surface area (TPSA) is 80.4 Å². The van der Waals surface area contributed by atoms with Crippen molar-refractivity contribution in [2.24, 2.45) is 0 Å². The summed E-state index contributed by atoms with van der Waals surface area (Å²) in [6, 6.07) is 6.72. The molecule has 1 rings (SSSR count). The summed E-state index contributed by atoms with van der Waals surface area (Å²) in [5.74, 6) is -1.59. The number of hydrogen-bond donors (Lipinski definition) is 1. The van der Waals surface area contributed by atoms with Gasteiger partial charge >= 0.3 is 5.97 Å². The second-order valence-electron chi connectivity index (χ2n) is 5.31. The molecule has 21 heavy (non-hydrogen) atoms. The molecule has 1 N–H and O–H groups in total. The standard InChI is InChI=1S/C16H23NO4/c1-3-5-6-12-7-9-13(10-8-12)14(11-16(18)19)15(4-2)17(20)21/h7-10,14-15H,3-6,11H2,1-2H3,(H,18,19). The van der Waals surface area contributed by atoms with Crippen molar-refractivity contribution in [1.29, 1.82) is 0 Å². The minimum absolute atomic E-state index is 0.214. The van der Waals surface area contributed by atoms with Crippen LogP contribution >= 0.6 is 0 Å². The van der Waals surface area contributed by atoms with E-state index >= 15 is 0 Å². The van der Waals surface area contributed by atoms with Gasteiger partial charge in [0, 0.05) is 11.3 Å². The molecular weight excluding hydrogens is 270 g/mol. The summed E-state index contributed by atoms with van der Waals surface area (Å²) in [5, 5.41) is 20.2. The Kier molecular flexibility index (Phi) is 6.85. The number of rotatable bonds is 9. The van der Waals surface area contributed by atoms with Gasteiger partial charge in [0.1, 0.15) is 0 Å². The third-order valence-corrected chi connectivity index (χ3v) is 3.77. The van der Waals surface area contributed by atoms with Gasteiger partial charge in [0.25, 0.3) is 0 Å². The quantitative estimate of drug-likeness (QED) is 0.556. The molecule has 0 aromatic heterocycles. The van der Waals surface area contributed by atoms with Crippen molar-refractivity contribution in [2.75, 3.05) is 0 Å². The van der Waals surface area contributed by atoms with Crippen LogP contribution in [-0.2, 0) is 11.2 Å². The van der Waals surface area contributed by atoms with E-state index in [4.69, 9.17) is 5.11 Å². The number of nitrogens with zero attached hydrogens (tertiary/aromatic N) is 1. The first-order valence-corrected chi connectivity index (χ1v) is 7.43. The van der Waals surface area contributed by atoms with Crippen molar-refractivity contribution in [3.8, 4) is 0 Å². The highest BCUT2D eigenvalue weighted by Crippen LogP contribution is 2.28.